The minimum absolute atomic E-state index is 0.0572. The summed E-state index contributed by atoms with van der Waals surface area (Å²) in [7, 11) is -5.13. The zero-order valence-electron chi connectivity index (χ0n) is 24.2. The standard InChI is InChI=1S/C29H43BrN4O2SSi/c1-27(2,3)37(36,33-38(7,8)28(4,5)6)25-11-9-10-24(31-25)32-26(35)22-13-12-21(30)20-23(22)34-18-16-29(14-15-29)17-19-34/h9-13,20H,14-19H2,1-8H3,(H,31,32,35). The van der Waals surface area contributed by atoms with Gasteiger partial charge in [0.1, 0.15) is 10.8 Å². The first-order valence-electron chi connectivity index (χ1n) is 13.6. The first kappa shape index (κ1) is 29.3. The molecule has 1 atom stereocenters. The van der Waals surface area contributed by atoms with Gasteiger partial charge in [0, 0.05) is 17.6 Å². The van der Waals surface area contributed by atoms with E-state index < -0.39 is 22.7 Å². The van der Waals surface area contributed by atoms with Gasteiger partial charge >= 0.3 is 0 Å². The van der Waals surface area contributed by atoms with E-state index >= 15 is 0 Å². The summed E-state index contributed by atoms with van der Waals surface area (Å²) in [6.45, 7) is 18.6. The summed E-state index contributed by atoms with van der Waals surface area (Å²) in [6.07, 6.45) is 5.05. The van der Waals surface area contributed by atoms with Gasteiger partial charge in [0.15, 0.2) is 8.24 Å². The third kappa shape index (κ3) is 5.89. The Balaban J connectivity index is 1.66. The van der Waals surface area contributed by atoms with Crippen molar-refractivity contribution in [1.82, 2.24) is 4.98 Å². The Morgan fingerprint density at radius 2 is 1.68 bits per heavy atom. The molecule has 9 heteroatoms. The molecule has 1 spiro atoms. The molecule has 1 aromatic carbocycles. The second-order valence-electron chi connectivity index (χ2n) is 13.5. The summed E-state index contributed by atoms with van der Waals surface area (Å²) in [5.41, 5.74) is 2.12. The molecule has 2 fully saturated rings. The van der Waals surface area contributed by atoms with Crippen molar-refractivity contribution in [3.63, 3.8) is 0 Å². The van der Waals surface area contributed by atoms with Gasteiger partial charge in [-0.05, 0) is 100 Å². The van der Waals surface area contributed by atoms with Crippen molar-refractivity contribution in [1.29, 1.82) is 0 Å². The van der Waals surface area contributed by atoms with Crippen LogP contribution in [0.4, 0.5) is 11.5 Å². The van der Waals surface area contributed by atoms with Crippen molar-refractivity contribution >= 4 is 51.3 Å². The molecule has 1 amide bonds. The average Bonchev–Trinajstić information content (AvgIpc) is 3.56. The maximum Gasteiger partial charge on any atom is 0.258 e. The molecule has 1 aromatic heterocycles. The lowest BCUT2D eigenvalue weighted by Gasteiger charge is -2.36. The van der Waals surface area contributed by atoms with Gasteiger partial charge in [0.2, 0.25) is 0 Å². The largest absolute Gasteiger partial charge is 0.371 e. The SMILES string of the molecule is CC(C)(C)[Si](C)(C)N=S(=O)(c1cccc(NC(=O)c2ccc(Br)cc2N2CCC3(CC2)CC3)n1)C(C)(C)C. The highest BCUT2D eigenvalue weighted by molar-refractivity contribution is 9.10. The first-order chi connectivity index (χ1) is 17.5. The van der Waals surface area contributed by atoms with Crippen LogP contribution in [-0.2, 0) is 9.73 Å². The first-order valence-corrected chi connectivity index (χ1v) is 18.8. The van der Waals surface area contributed by atoms with Crippen molar-refractivity contribution in [2.45, 2.75) is 95.1 Å². The molecule has 1 N–H and O–H groups in total. The predicted molar refractivity (Wildman–Crippen MR) is 165 cm³/mol. The van der Waals surface area contributed by atoms with E-state index in [4.69, 9.17) is 9.01 Å². The van der Waals surface area contributed by atoms with Crippen LogP contribution in [0.5, 0.6) is 0 Å². The number of anilines is 2. The predicted octanol–water partition coefficient (Wildman–Crippen LogP) is 8.11. The van der Waals surface area contributed by atoms with Crippen molar-refractivity contribution in [2.24, 2.45) is 9.44 Å². The molecule has 2 aliphatic rings. The molecular weight excluding hydrogens is 576 g/mol. The van der Waals surface area contributed by atoms with Crippen molar-refractivity contribution < 1.29 is 9.00 Å². The average molecular weight is 620 g/mol. The fraction of sp³-hybridized carbons (Fsp3) is 0.586. The van der Waals surface area contributed by atoms with E-state index in [1.54, 1.807) is 12.1 Å². The second-order valence-corrected chi connectivity index (χ2v) is 22.5. The highest BCUT2D eigenvalue weighted by Crippen LogP contribution is 2.54. The summed E-state index contributed by atoms with van der Waals surface area (Å²) in [5, 5.41) is 3.36. The lowest BCUT2D eigenvalue weighted by molar-refractivity contribution is 0.102. The number of carbonyl (C=O) groups excluding carboxylic acids is 1. The van der Waals surface area contributed by atoms with Gasteiger partial charge in [-0.15, -0.1) is 0 Å². The molecule has 0 radical (unpaired) electrons. The Labute approximate surface area is 238 Å². The Morgan fingerprint density at radius 3 is 2.24 bits per heavy atom. The van der Waals surface area contributed by atoms with Gasteiger partial charge < -0.3 is 10.2 Å². The van der Waals surface area contributed by atoms with E-state index in [0.717, 1.165) is 23.2 Å². The number of hydrogen-bond acceptors (Lipinski definition) is 5. The van der Waals surface area contributed by atoms with Crippen molar-refractivity contribution in [2.75, 3.05) is 23.3 Å². The lowest BCUT2D eigenvalue weighted by Crippen LogP contribution is -2.40. The smallest absolute Gasteiger partial charge is 0.258 e. The van der Waals surface area contributed by atoms with Crippen molar-refractivity contribution in [3.05, 3.63) is 46.4 Å². The minimum Gasteiger partial charge on any atom is -0.371 e. The van der Waals surface area contributed by atoms with Crippen LogP contribution in [0, 0.1) is 5.41 Å². The van der Waals surface area contributed by atoms with E-state index in [1.165, 1.54) is 25.7 Å². The van der Waals surface area contributed by atoms with Gasteiger partial charge in [-0.3, -0.25) is 8.82 Å². The van der Waals surface area contributed by atoms with Gasteiger partial charge in [-0.1, -0.05) is 42.8 Å². The normalized spacial score (nSPS) is 19.1. The van der Waals surface area contributed by atoms with Crippen LogP contribution in [0.25, 0.3) is 0 Å². The maximum atomic E-state index is 14.6. The Hall–Kier alpha value is -1.71. The van der Waals surface area contributed by atoms with Gasteiger partial charge in [-0.25, -0.2) is 9.19 Å². The molecule has 1 saturated carbocycles. The molecule has 1 aliphatic carbocycles. The molecule has 6 nitrogen and oxygen atoms in total. The van der Waals surface area contributed by atoms with Crippen LogP contribution in [0.15, 0.2) is 49.9 Å². The molecule has 1 aliphatic heterocycles. The van der Waals surface area contributed by atoms with E-state index in [0.29, 0.717) is 21.8 Å². The zero-order valence-corrected chi connectivity index (χ0v) is 27.6. The zero-order chi connectivity index (χ0) is 28.1. The maximum absolute atomic E-state index is 14.6. The van der Waals surface area contributed by atoms with Gasteiger partial charge in [-0.2, -0.15) is 0 Å². The number of aromatic nitrogens is 1. The molecule has 2 aromatic rings. The third-order valence-corrected chi connectivity index (χ3v) is 18.1. The number of hydrogen-bond donors (Lipinski definition) is 1. The van der Waals surface area contributed by atoms with Crippen LogP contribution in [-0.4, -0.2) is 41.2 Å². The molecule has 0 bridgehead atoms. The van der Waals surface area contributed by atoms with Crippen LogP contribution >= 0.6 is 15.9 Å². The number of nitrogens with one attached hydrogen (secondary N) is 1. The molecule has 208 valence electrons. The second kappa shape index (κ2) is 10.0. The van der Waals surface area contributed by atoms with Crippen LogP contribution in [0.2, 0.25) is 18.1 Å². The summed E-state index contributed by atoms with van der Waals surface area (Å²) in [6, 6.07) is 11.2. The Morgan fingerprint density at radius 1 is 1.05 bits per heavy atom. The fourth-order valence-corrected chi connectivity index (χ4v) is 11.2. The Kier molecular flexibility index (Phi) is 7.73. The molecule has 2 heterocycles. The number of pyridine rings is 1. The fourth-order valence-electron chi connectivity index (χ4n) is 4.64. The molecule has 1 saturated heterocycles. The van der Waals surface area contributed by atoms with Crippen LogP contribution < -0.4 is 10.2 Å². The lowest BCUT2D eigenvalue weighted by atomic mass is 9.93. The quantitative estimate of drug-likeness (QED) is 0.343. The number of rotatable bonds is 5. The summed E-state index contributed by atoms with van der Waals surface area (Å²) < 4.78 is 20.1. The van der Waals surface area contributed by atoms with Gasteiger partial charge in [0.25, 0.3) is 5.91 Å². The molecular formula is C29H43BrN4O2SSi. The van der Waals surface area contributed by atoms with Crippen LogP contribution in [0.3, 0.4) is 0 Å². The number of piperidine rings is 1. The summed E-state index contributed by atoms with van der Waals surface area (Å²) >= 11 is 3.59. The van der Waals surface area contributed by atoms with Crippen LogP contribution in [0.1, 0.15) is 77.6 Å². The number of nitrogens with zero attached hydrogens (tertiary/aromatic N) is 3. The monoisotopic (exact) mass is 618 g/mol. The highest BCUT2D eigenvalue weighted by Gasteiger charge is 2.45. The van der Waals surface area contributed by atoms with E-state index in [-0.39, 0.29) is 10.9 Å². The van der Waals surface area contributed by atoms with E-state index in [2.05, 4.69) is 60.0 Å². The van der Waals surface area contributed by atoms with E-state index in [1.807, 2.05) is 45.0 Å². The number of benzene rings is 1. The van der Waals surface area contributed by atoms with E-state index in [9.17, 15) is 9.00 Å². The minimum atomic E-state index is -2.87. The topological polar surface area (TPSA) is 74.7 Å². The molecule has 38 heavy (non-hydrogen) atoms. The number of carbonyl (C=O) groups is 1. The number of halogens is 1. The third-order valence-electron chi connectivity index (χ3n) is 8.60. The van der Waals surface area contributed by atoms with Crippen molar-refractivity contribution in [3.8, 4) is 0 Å². The summed E-state index contributed by atoms with van der Waals surface area (Å²) in [5.74, 6) is 0.173. The van der Waals surface area contributed by atoms with Gasteiger partial charge in [0.05, 0.1) is 25.7 Å². The molecule has 1 unspecified atom stereocenters. The molecule has 4 rings (SSSR count). The summed E-state index contributed by atoms with van der Waals surface area (Å²) in [4.78, 5) is 20.6. The highest BCUT2D eigenvalue weighted by atomic mass is 79.9. The Bertz CT molecular complexity index is 1340. The number of amides is 1.